The van der Waals surface area contributed by atoms with Gasteiger partial charge in [-0.2, -0.15) is 0 Å². The Morgan fingerprint density at radius 3 is 1.18 bits per heavy atom. The van der Waals surface area contributed by atoms with E-state index in [0.717, 1.165) is 175 Å². The van der Waals surface area contributed by atoms with Crippen molar-refractivity contribution in [3.8, 4) is 22.3 Å². The van der Waals surface area contributed by atoms with Crippen LogP contribution in [0, 0.1) is 0 Å². The zero-order chi connectivity index (χ0) is 107. The molecule has 17 rings (SSSR count). The number of fused-ring (bicyclic) bond motifs is 5. The molecular weight excluding hydrogens is 2250 g/mol. The number of ketones is 2. The number of rotatable bonds is 12. The number of urea groups is 2. The van der Waals surface area contributed by atoms with E-state index in [2.05, 4.69) is 167 Å². The van der Waals surface area contributed by atoms with Crippen LogP contribution in [0.5, 0.6) is 0 Å². The molecule has 0 aliphatic carbocycles. The van der Waals surface area contributed by atoms with Crippen molar-refractivity contribution in [2.75, 3.05) is 75.3 Å². The number of alkyl halides is 3. The monoisotopic (exact) mass is 2360 g/mol. The molecule has 7 aliphatic rings. The maximum Gasteiger partial charge on any atom is 1.00 e. The van der Waals surface area contributed by atoms with Gasteiger partial charge in [-0.05, 0) is 285 Å². The van der Waals surface area contributed by atoms with Crippen LogP contribution in [0.2, 0.25) is 0 Å². The van der Waals surface area contributed by atoms with Crippen molar-refractivity contribution in [1.29, 1.82) is 0 Å². The molecule has 0 aromatic carbocycles. The molecule has 147 heavy (non-hydrogen) atoms. The van der Waals surface area contributed by atoms with Gasteiger partial charge in [0.2, 0.25) is 5.91 Å². The molecule has 52 heteroatoms. The van der Waals surface area contributed by atoms with Gasteiger partial charge in [-0.1, -0.05) is 46.9 Å². The fourth-order valence-corrected chi connectivity index (χ4v) is 15.6. The maximum atomic E-state index is 11.5. The molecule has 40 nitrogen and oxygen atoms in total. The Morgan fingerprint density at radius 1 is 0.476 bits per heavy atom. The third-order valence-electron chi connectivity index (χ3n) is 21.9. The summed E-state index contributed by atoms with van der Waals surface area (Å²) >= 11 is 28.4. The molecule has 0 unspecified atom stereocenters. The first-order valence-electron chi connectivity index (χ1n) is 45.4. The zero-order valence-corrected chi connectivity index (χ0v) is 95.3. The average Bonchev–Trinajstić information content (AvgIpc) is 1.58. The molecule has 7 aliphatic heterocycles. The van der Waals surface area contributed by atoms with E-state index in [0.29, 0.717) is 65.7 Å². The van der Waals surface area contributed by atoms with E-state index >= 15 is 0 Å². The number of nitrogens with one attached hydrogen (secondary N) is 6. The number of esters is 2. The molecule has 2 fully saturated rings. The number of nitrogen functional groups attached to an aromatic ring is 1. The Labute approximate surface area is 945 Å². The summed E-state index contributed by atoms with van der Waals surface area (Å²) in [6.45, 7) is 27.7. The molecule has 10 aromatic heterocycles. The number of primary amides is 2. The molecular formula is C95H117B4Br4Cl3KN21O19. The van der Waals surface area contributed by atoms with Gasteiger partial charge in [0.15, 0.2) is 6.29 Å². The average molecular weight is 2370 g/mol. The third kappa shape index (κ3) is 44.4. The van der Waals surface area contributed by atoms with E-state index < -0.39 is 62.0 Å². The number of ether oxygens (including phenoxy) is 1. The fourth-order valence-electron chi connectivity index (χ4n) is 13.8. The Bertz CT molecular complexity index is 5930. The number of nitrogens with two attached hydrogens (primary N) is 3. The normalized spacial score (nSPS) is 14.7. The predicted molar refractivity (Wildman–Crippen MR) is 580 cm³/mol. The van der Waals surface area contributed by atoms with Gasteiger partial charge in [0.25, 0.3) is 9.70 Å². The molecule has 6 amide bonds. The molecule has 778 valence electrons. The second-order valence-electron chi connectivity index (χ2n) is 35.0. The number of pyridine rings is 10. The number of carbonyl (C=O) groups excluding carboxylic acids is 9. The summed E-state index contributed by atoms with van der Waals surface area (Å²) in [5, 5.41) is 53.8. The van der Waals surface area contributed by atoms with Gasteiger partial charge in [0.1, 0.15) is 40.7 Å². The number of nitrogens with zero attached hydrogens (tertiary/aromatic N) is 12. The smallest absolute Gasteiger partial charge is 0.870 e. The van der Waals surface area contributed by atoms with Crippen LogP contribution in [0.3, 0.4) is 0 Å². The van der Waals surface area contributed by atoms with E-state index in [4.69, 9.17) is 90.7 Å². The molecule has 0 spiro atoms. The first-order chi connectivity index (χ1) is 68.3. The minimum atomic E-state index is -2.07. The van der Waals surface area contributed by atoms with Crippen molar-refractivity contribution in [3.05, 3.63) is 210 Å². The number of aromatic nitrogens is 10. The number of aryl methyl sites for hydroxylation is 5. The molecule has 0 atom stereocenters. The van der Waals surface area contributed by atoms with Crippen molar-refractivity contribution < 1.29 is 143 Å². The predicted octanol–water partition coefficient (Wildman–Crippen LogP) is 10.1. The summed E-state index contributed by atoms with van der Waals surface area (Å²) in [5.74, 6) is 2.49. The Kier molecular flexibility index (Phi) is 54.1. The second-order valence-corrected chi connectivity index (χ2v) is 40.9. The van der Waals surface area contributed by atoms with Crippen LogP contribution in [-0.2, 0) is 102 Å². The van der Waals surface area contributed by atoms with Crippen molar-refractivity contribution in [2.45, 2.75) is 193 Å². The van der Waals surface area contributed by atoms with Crippen molar-refractivity contribution >= 4 is 244 Å². The molecule has 17 heterocycles. The van der Waals surface area contributed by atoms with Gasteiger partial charge in [-0.3, -0.25) is 63.4 Å². The summed E-state index contributed by atoms with van der Waals surface area (Å²) in [4.78, 5) is 140. The number of halogens is 7. The van der Waals surface area contributed by atoms with Crippen molar-refractivity contribution in [3.63, 3.8) is 0 Å². The number of Topliss-reactive ketones (excluding diaryl/α,β-unsaturated/α-hetero) is 2. The number of aldehydes is 1. The van der Waals surface area contributed by atoms with Crippen LogP contribution in [0.15, 0.2) is 176 Å². The van der Waals surface area contributed by atoms with Crippen LogP contribution in [0.4, 0.5) is 55.7 Å². The van der Waals surface area contributed by atoms with E-state index in [1.165, 1.54) is 61.8 Å². The van der Waals surface area contributed by atoms with Crippen LogP contribution in [0.1, 0.15) is 161 Å². The number of amides is 6. The van der Waals surface area contributed by atoms with Gasteiger partial charge < -0.3 is 98.0 Å². The van der Waals surface area contributed by atoms with Gasteiger partial charge in [0.05, 0.1) is 58.1 Å². The summed E-state index contributed by atoms with van der Waals surface area (Å²) in [7, 11) is -3.79. The van der Waals surface area contributed by atoms with Crippen LogP contribution in [0.25, 0.3) is 22.3 Å². The zero-order valence-electron chi connectivity index (χ0n) is 83.6. The van der Waals surface area contributed by atoms with Crippen LogP contribution in [-0.4, -0.2) is 222 Å². The van der Waals surface area contributed by atoms with Gasteiger partial charge in [-0.15, -0.1) is 0 Å². The third-order valence-corrected chi connectivity index (χ3v) is 24.1. The SMILES string of the molecule is Brc1cnc2c(c1)CCCN2.CC(=O)Cc1cncc(Br)c1.CC(=O)Cc1cncc(Br)c1.CC(=O)Nc1cncc(-c2cnc3c(c2)CCCN3)c1.CC(=O)OC(C)=O.CC1(C)OB(B2OC(C)(C)C(C)(C)O2)OC1(C)C.NC(=O)Nc1cncc(-c2cnc3c(c2)CCCN3C(N)=O)c1.Nc1cncc(Br)c1.O=CC=NC(=O)C(Cl)(Cl)Cl.OB(O)c1cnc2c(c1)CCCN2.OB(O)c1cnc2c(c1)CCCN2.[K+].[OH-]. The van der Waals surface area contributed by atoms with Crippen molar-refractivity contribution in [2.24, 2.45) is 16.5 Å². The molecule has 0 radical (unpaired) electrons. The largest absolute Gasteiger partial charge is 1.00 e. The summed E-state index contributed by atoms with van der Waals surface area (Å²) in [5.41, 5.74) is 28.4. The van der Waals surface area contributed by atoms with Crippen LogP contribution >= 0.6 is 98.5 Å². The summed E-state index contributed by atoms with van der Waals surface area (Å²) in [6, 6.07) is 17.9. The summed E-state index contributed by atoms with van der Waals surface area (Å²) in [6.07, 6.45) is 37.2. The van der Waals surface area contributed by atoms with Crippen molar-refractivity contribution in [1.82, 2.24) is 49.8 Å². The number of hydrogen-bond donors (Lipinski definition) is 13. The fraction of sp³-hybridized carbons (Fsp3) is 0.368. The topological polar surface area (TPSA) is 605 Å². The van der Waals surface area contributed by atoms with E-state index in [1.54, 1.807) is 100 Å². The number of carbonyl (C=O) groups is 9. The van der Waals surface area contributed by atoms with E-state index in [9.17, 15) is 43.2 Å². The van der Waals surface area contributed by atoms with E-state index in [-0.39, 0.29) is 96.7 Å². The van der Waals surface area contributed by atoms with Gasteiger partial charge in [0, 0.05) is 198 Å². The Balaban J connectivity index is 0.000000289. The number of aliphatic imine (C=N–C) groups is 1. The first-order valence-corrected chi connectivity index (χ1v) is 49.7. The van der Waals surface area contributed by atoms with E-state index in [1.807, 2.05) is 92.0 Å². The molecule has 17 N–H and O–H groups in total. The van der Waals surface area contributed by atoms with Gasteiger partial charge in [-0.25, -0.2) is 39.5 Å². The number of hydrogen-bond acceptors (Lipinski definition) is 34. The van der Waals surface area contributed by atoms with Crippen LogP contribution < -0.4 is 116 Å². The standard InChI is InChI=1S/C15H16N6O2.C15H16N4O.C12H24B2O4.2C8H11BN2O2.C8H9BrN2.2C8H8BrNO.C5H5BrN2.C4H2Cl3NO2.C4H6O3.K.H2O/c16-14(22)20-12-5-11(6-18-8-12)10-4-9-2-1-3-21(15(17)23)13(9)19-7-10;1-10(20)19-14-6-13(7-16-9-14)12-5-11-3-2-4-17-15(11)18-8-12;1-9(2)10(3,4)16-13(15-9)14-17-11(5,6)12(7,8)18-14;2*12-9(13)7-4-6-2-1-3-10-8(6)11-5-7;9-7-4-6-2-1-3-10-8(6)11-5-7;2*1-6(11)2-7-3-8(9)5-10-4-7;6-4-1-5(7)3-8-2-4;5-4(6,7)3(10)8-1-2-9;1-3(5)7-4(2)6;;/h4-8H,1-3H2,(H2,17,23)(H3,16,20,22);5-9H,2-4H2,1H3,(H,17,18)(H,19,20);1-8H3;2*4-5,12-13H,1-3H2,(H,10,11);4-5H,1-3H2,(H,10,11);2*3-5H,2H2,1H3;1-3H,7H2;1-2H;1-2H3;;1H2/q;;;;;;;;;;;+1;/p-1. The summed E-state index contributed by atoms with van der Waals surface area (Å²) < 4.78 is 29.6. The Morgan fingerprint density at radius 2 is 0.830 bits per heavy atom. The maximum absolute atomic E-state index is 11.5. The molecule has 10 aromatic rings. The molecule has 0 saturated carbocycles. The number of anilines is 8. The first kappa shape index (κ1) is 128. The molecule has 2 saturated heterocycles. The second kappa shape index (κ2) is 62.2. The molecule has 0 bridgehead atoms. The minimum absolute atomic E-state index is 0. The van der Waals surface area contributed by atoms with Gasteiger partial charge >= 0.3 is 104 Å². The quantitative estimate of drug-likeness (QED) is 0.0135. The minimum Gasteiger partial charge on any atom is -0.870 e. The Hall–Kier alpha value is -9.67.